The van der Waals surface area contributed by atoms with E-state index in [1.165, 1.54) is 0 Å². The van der Waals surface area contributed by atoms with Crippen LogP contribution in [0.1, 0.15) is 25.3 Å². The summed E-state index contributed by atoms with van der Waals surface area (Å²) in [5.41, 5.74) is 1.15. The molecule has 110 valence electrons. The summed E-state index contributed by atoms with van der Waals surface area (Å²) in [7, 11) is 0. The molecule has 5 heteroatoms. The molecule has 1 aromatic carbocycles. The third-order valence-electron chi connectivity index (χ3n) is 3.04. The van der Waals surface area contributed by atoms with E-state index in [9.17, 15) is 9.59 Å². The number of carboxylic acid groups (broad SMARTS) is 1. The smallest absolute Gasteiger partial charge is 0.314 e. The van der Waals surface area contributed by atoms with Crippen molar-refractivity contribution in [1.29, 1.82) is 0 Å². The lowest BCUT2D eigenvalue weighted by molar-refractivity contribution is -0.141. The summed E-state index contributed by atoms with van der Waals surface area (Å²) >= 11 is 0. The molecule has 1 aromatic rings. The van der Waals surface area contributed by atoms with E-state index in [2.05, 4.69) is 10.6 Å². The SMILES string of the molecule is CCCC(CNC(=O)NCCc1ccccc1)C(=O)O. The van der Waals surface area contributed by atoms with Gasteiger partial charge >= 0.3 is 12.0 Å². The Labute approximate surface area is 119 Å². The van der Waals surface area contributed by atoms with E-state index in [0.717, 1.165) is 18.4 Å². The van der Waals surface area contributed by atoms with Crippen LogP contribution in [0.15, 0.2) is 30.3 Å². The zero-order valence-corrected chi connectivity index (χ0v) is 11.8. The monoisotopic (exact) mass is 278 g/mol. The minimum absolute atomic E-state index is 0.167. The van der Waals surface area contributed by atoms with Gasteiger partial charge in [0.2, 0.25) is 0 Å². The molecule has 0 bridgehead atoms. The molecule has 5 nitrogen and oxygen atoms in total. The molecule has 0 radical (unpaired) electrons. The van der Waals surface area contributed by atoms with E-state index in [-0.39, 0.29) is 12.6 Å². The molecule has 1 atom stereocenters. The lowest BCUT2D eigenvalue weighted by Gasteiger charge is -2.13. The second-order valence-electron chi connectivity index (χ2n) is 4.70. The molecule has 3 N–H and O–H groups in total. The third-order valence-corrected chi connectivity index (χ3v) is 3.04. The fourth-order valence-electron chi connectivity index (χ4n) is 1.90. The molecule has 0 spiro atoms. The molecule has 1 rings (SSSR count). The third kappa shape index (κ3) is 6.22. The van der Waals surface area contributed by atoms with Crippen LogP contribution in [-0.4, -0.2) is 30.2 Å². The molecular formula is C15H22N2O3. The molecule has 0 fully saturated rings. The van der Waals surface area contributed by atoms with Gasteiger partial charge in [-0.15, -0.1) is 0 Å². The van der Waals surface area contributed by atoms with Crippen LogP contribution in [0.2, 0.25) is 0 Å². The van der Waals surface area contributed by atoms with Gasteiger partial charge in [0.15, 0.2) is 0 Å². The molecule has 0 saturated heterocycles. The molecule has 20 heavy (non-hydrogen) atoms. The number of rotatable bonds is 8. The van der Waals surface area contributed by atoms with Gasteiger partial charge in [0.1, 0.15) is 0 Å². The van der Waals surface area contributed by atoms with Crippen molar-refractivity contribution in [3.05, 3.63) is 35.9 Å². The highest BCUT2D eigenvalue weighted by molar-refractivity contribution is 5.75. The van der Waals surface area contributed by atoms with Crippen molar-refractivity contribution in [2.24, 2.45) is 5.92 Å². The lowest BCUT2D eigenvalue weighted by Crippen LogP contribution is -2.40. The maximum atomic E-state index is 11.5. The number of nitrogens with one attached hydrogen (secondary N) is 2. The molecule has 0 aromatic heterocycles. The molecule has 1 unspecified atom stereocenters. The highest BCUT2D eigenvalue weighted by atomic mass is 16.4. The van der Waals surface area contributed by atoms with Crippen LogP contribution in [0.25, 0.3) is 0 Å². The van der Waals surface area contributed by atoms with Crippen molar-refractivity contribution >= 4 is 12.0 Å². The number of carbonyl (C=O) groups excluding carboxylic acids is 1. The largest absolute Gasteiger partial charge is 0.481 e. The van der Waals surface area contributed by atoms with Crippen LogP contribution in [0, 0.1) is 5.92 Å². The fraction of sp³-hybridized carbons (Fsp3) is 0.467. The Kier molecular flexibility index (Phi) is 7.17. The number of benzene rings is 1. The van der Waals surface area contributed by atoms with E-state index < -0.39 is 11.9 Å². The number of urea groups is 1. The second-order valence-corrected chi connectivity index (χ2v) is 4.70. The van der Waals surface area contributed by atoms with E-state index in [1.54, 1.807) is 0 Å². The summed E-state index contributed by atoms with van der Waals surface area (Å²) in [5, 5.41) is 14.3. The van der Waals surface area contributed by atoms with E-state index in [0.29, 0.717) is 13.0 Å². The van der Waals surface area contributed by atoms with Gasteiger partial charge in [-0.25, -0.2) is 4.79 Å². The van der Waals surface area contributed by atoms with Gasteiger partial charge in [0, 0.05) is 13.1 Å². The highest BCUT2D eigenvalue weighted by Gasteiger charge is 2.16. The minimum Gasteiger partial charge on any atom is -0.481 e. The number of carbonyl (C=O) groups is 2. The Bertz CT molecular complexity index is 420. The van der Waals surface area contributed by atoms with Crippen molar-refractivity contribution in [3.63, 3.8) is 0 Å². The topological polar surface area (TPSA) is 78.4 Å². The summed E-state index contributed by atoms with van der Waals surface area (Å²) in [5.74, 6) is -1.38. The molecule has 0 aliphatic heterocycles. The second kappa shape index (κ2) is 8.96. The number of aliphatic carboxylic acids is 1. The minimum atomic E-state index is -0.864. The van der Waals surface area contributed by atoms with Crippen molar-refractivity contribution in [2.45, 2.75) is 26.2 Å². The van der Waals surface area contributed by atoms with Gasteiger partial charge in [-0.3, -0.25) is 4.79 Å². The molecule has 0 aliphatic rings. The van der Waals surface area contributed by atoms with Gasteiger partial charge < -0.3 is 15.7 Å². The van der Waals surface area contributed by atoms with Gasteiger partial charge in [-0.2, -0.15) is 0 Å². The molecule has 0 saturated carbocycles. The van der Waals surface area contributed by atoms with Crippen LogP contribution in [0.4, 0.5) is 4.79 Å². The first-order valence-electron chi connectivity index (χ1n) is 6.92. The van der Waals surface area contributed by atoms with Gasteiger partial charge in [-0.1, -0.05) is 43.7 Å². The summed E-state index contributed by atoms with van der Waals surface area (Å²) in [6.07, 6.45) is 2.11. The summed E-state index contributed by atoms with van der Waals surface area (Å²) in [6, 6.07) is 9.55. The highest BCUT2D eigenvalue weighted by Crippen LogP contribution is 2.04. The Morgan fingerprint density at radius 3 is 2.50 bits per heavy atom. The van der Waals surface area contributed by atoms with Crippen molar-refractivity contribution in [2.75, 3.05) is 13.1 Å². The maximum absolute atomic E-state index is 11.5. The average molecular weight is 278 g/mol. The first-order valence-corrected chi connectivity index (χ1v) is 6.92. The quantitative estimate of drug-likeness (QED) is 0.681. The normalized spacial score (nSPS) is 11.7. The van der Waals surface area contributed by atoms with Crippen LogP contribution >= 0.6 is 0 Å². The Morgan fingerprint density at radius 2 is 1.90 bits per heavy atom. The number of hydrogen-bond acceptors (Lipinski definition) is 2. The van der Waals surface area contributed by atoms with Crippen LogP contribution in [0.3, 0.4) is 0 Å². The predicted molar refractivity (Wildman–Crippen MR) is 77.6 cm³/mol. The van der Waals surface area contributed by atoms with Crippen molar-refractivity contribution in [3.8, 4) is 0 Å². The summed E-state index contributed by atoms with van der Waals surface area (Å²) < 4.78 is 0. The van der Waals surface area contributed by atoms with Crippen LogP contribution in [0.5, 0.6) is 0 Å². The number of carboxylic acids is 1. The zero-order valence-electron chi connectivity index (χ0n) is 11.8. The first-order chi connectivity index (χ1) is 9.63. The van der Waals surface area contributed by atoms with E-state index in [1.807, 2.05) is 37.3 Å². The van der Waals surface area contributed by atoms with Crippen molar-refractivity contribution < 1.29 is 14.7 Å². The van der Waals surface area contributed by atoms with Gasteiger partial charge in [0.05, 0.1) is 5.92 Å². The molecule has 0 heterocycles. The Balaban J connectivity index is 2.21. The van der Waals surface area contributed by atoms with Crippen molar-refractivity contribution in [1.82, 2.24) is 10.6 Å². The molecular weight excluding hydrogens is 256 g/mol. The van der Waals surface area contributed by atoms with Crippen LogP contribution < -0.4 is 10.6 Å². The van der Waals surface area contributed by atoms with E-state index >= 15 is 0 Å². The van der Waals surface area contributed by atoms with E-state index in [4.69, 9.17) is 5.11 Å². The van der Waals surface area contributed by atoms with Crippen LogP contribution in [-0.2, 0) is 11.2 Å². The fourth-order valence-corrected chi connectivity index (χ4v) is 1.90. The zero-order chi connectivity index (χ0) is 14.8. The van der Waals surface area contributed by atoms with Gasteiger partial charge in [0.25, 0.3) is 0 Å². The summed E-state index contributed by atoms with van der Waals surface area (Å²) in [6.45, 7) is 2.62. The molecule has 2 amide bonds. The molecule has 0 aliphatic carbocycles. The maximum Gasteiger partial charge on any atom is 0.314 e. The lowest BCUT2D eigenvalue weighted by atomic mass is 10.0. The van der Waals surface area contributed by atoms with Gasteiger partial charge in [-0.05, 0) is 18.4 Å². The average Bonchev–Trinajstić information content (AvgIpc) is 2.44. The standard InChI is InChI=1S/C15H22N2O3/c1-2-6-13(14(18)19)11-17-15(20)16-10-9-12-7-4-3-5-8-12/h3-5,7-8,13H,2,6,9-11H2,1H3,(H,18,19)(H2,16,17,20). The number of hydrogen-bond donors (Lipinski definition) is 3. The Morgan fingerprint density at radius 1 is 1.20 bits per heavy atom. The first kappa shape index (κ1) is 16.0. The number of amides is 2. The summed E-state index contributed by atoms with van der Waals surface area (Å²) in [4.78, 5) is 22.5. The Hall–Kier alpha value is -2.04. The predicted octanol–water partition coefficient (Wildman–Crippen LogP) is 2.03.